The van der Waals surface area contributed by atoms with Crippen LogP contribution in [-0.2, 0) is 0 Å². The van der Waals surface area contributed by atoms with E-state index in [1.54, 1.807) is 12.1 Å². The molecule has 0 amide bonds. The van der Waals surface area contributed by atoms with Crippen molar-refractivity contribution in [1.82, 2.24) is 0 Å². The second-order valence-electron chi connectivity index (χ2n) is 6.46. The van der Waals surface area contributed by atoms with Crippen LogP contribution in [-0.4, -0.2) is 12.9 Å². The first-order chi connectivity index (χ1) is 9.14. The summed E-state index contributed by atoms with van der Waals surface area (Å²) in [5, 5.41) is 0.792. The Morgan fingerprint density at radius 3 is 2.35 bits per heavy atom. The lowest BCUT2D eigenvalue weighted by Crippen LogP contribution is -2.14. The third-order valence-electron chi connectivity index (χ3n) is 3.04. The third kappa shape index (κ3) is 4.99. The lowest BCUT2D eigenvalue weighted by molar-refractivity contribution is 0.0954. The molecule has 1 unspecified atom stereocenters. The average Bonchev–Trinajstić information content (AvgIpc) is 2.25. The summed E-state index contributed by atoms with van der Waals surface area (Å²) < 4.78 is 5.13. The molecule has 0 aliphatic rings. The summed E-state index contributed by atoms with van der Waals surface area (Å²) in [7, 11) is 1.52. The number of rotatable bonds is 5. The fourth-order valence-corrected chi connectivity index (χ4v) is 3.01. The zero-order valence-corrected chi connectivity index (χ0v) is 14.2. The molecular weight excluding hydrogens is 295 g/mol. The zero-order valence-electron chi connectivity index (χ0n) is 12.7. The molecule has 0 spiro atoms. The molecule has 4 heteroatoms. The summed E-state index contributed by atoms with van der Waals surface area (Å²) in [6, 6.07) is 3.18. The fourth-order valence-electron chi connectivity index (χ4n) is 2.44. The highest BCUT2D eigenvalue weighted by molar-refractivity contribution is 6.37. The predicted molar refractivity (Wildman–Crippen MR) is 85.2 cm³/mol. The first-order valence-electron chi connectivity index (χ1n) is 6.70. The van der Waals surface area contributed by atoms with Gasteiger partial charge in [0.15, 0.2) is 5.78 Å². The van der Waals surface area contributed by atoms with Gasteiger partial charge in [-0.25, -0.2) is 0 Å². The third-order valence-corrected chi connectivity index (χ3v) is 3.64. The number of benzene rings is 1. The van der Waals surface area contributed by atoms with Crippen molar-refractivity contribution in [3.63, 3.8) is 0 Å². The minimum Gasteiger partial charge on any atom is -0.495 e. The molecule has 1 aromatic rings. The van der Waals surface area contributed by atoms with Gasteiger partial charge in [-0.1, -0.05) is 50.9 Å². The van der Waals surface area contributed by atoms with Gasteiger partial charge in [-0.15, -0.1) is 0 Å². The summed E-state index contributed by atoms with van der Waals surface area (Å²) >= 11 is 12.1. The van der Waals surface area contributed by atoms with E-state index in [1.807, 2.05) is 0 Å². The van der Waals surface area contributed by atoms with Crippen molar-refractivity contribution < 1.29 is 9.53 Å². The first-order valence-corrected chi connectivity index (χ1v) is 7.46. The maximum absolute atomic E-state index is 12.4. The van der Waals surface area contributed by atoms with Crippen LogP contribution in [0.1, 0.15) is 50.9 Å². The standard InChI is InChI=1S/C16H22Cl2O2/c1-10(9-16(2,3)4)6-14(19)11-7-15(20-5)13(18)8-12(11)17/h7-8,10H,6,9H2,1-5H3. The van der Waals surface area contributed by atoms with Crippen molar-refractivity contribution in [2.24, 2.45) is 11.3 Å². The molecule has 0 aromatic heterocycles. The Labute approximate surface area is 131 Å². The van der Waals surface area contributed by atoms with Crippen molar-refractivity contribution in [3.05, 3.63) is 27.7 Å². The van der Waals surface area contributed by atoms with Gasteiger partial charge in [-0.2, -0.15) is 0 Å². The molecule has 0 saturated carbocycles. The molecule has 1 aromatic carbocycles. The van der Waals surface area contributed by atoms with E-state index >= 15 is 0 Å². The number of ketones is 1. The van der Waals surface area contributed by atoms with E-state index in [9.17, 15) is 4.79 Å². The Morgan fingerprint density at radius 1 is 1.25 bits per heavy atom. The van der Waals surface area contributed by atoms with Crippen molar-refractivity contribution in [2.45, 2.75) is 40.5 Å². The smallest absolute Gasteiger partial charge is 0.164 e. The zero-order chi connectivity index (χ0) is 15.5. The molecule has 0 N–H and O–H groups in total. The molecular formula is C16H22Cl2O2. The highest BCUT2D eigenvalue weighted by Crippen LogP contribution is 2.33. The van der Waals surface area contributed by atoms with E-state index in [4.69, 9.17) is 27.9 Å². The number of hydrogen-bond donors (Lipinski definition) is 0. The lowest BCUT2D eigenvalue weighted by Gasteiger charge is -2.22. The van der Waals surface area contributed by atoms with Crippen LogP contribution in [0.5, 0.6) is 5.75 Å². The minimum absolute atomic E-state index is 0.0294. The number of hydrogen-bond acceptors (Lipinski definition) is 2. The molecule has 20 heavy (non-hydrogen) atoms. The Kier molecular flexibility index (Phi) is 5.91. The van der Waals surface area contributed by atoms with Crippen LogP contribution in [0, 0.1) is 11.3 Å². The Morgan fingerprint density at radius 2 is 1.85 bits per heavy atom. The lowest BCUT2D eigenvalue weighted by atomic mass is 9.83. The molecule has 0 fully saturated rings. The van der Waals surface area contributed by atoms with Crippen LogP contribution in [0.2, 0.25) is 10.0 Å². The van der Waals surface area contributed by atoms with Crippen LogP contribution in [0.3, 0.4) is 0 Å². The summed E-state index contributed by atoms with van der Waals surface area (Å²) in [5.74, 6) is 0.810. The molecule has 0 aliphatic carbocycles. The molecule has 112 valence electrons. The van der Waals surface area contributed by atoms with E-state index in [-0.39, 0.29) is 11.2 Å². The maximum Gasteiger partial charge on any atom is 0.164 e. The Hall–Kier alpha value is -0.730. The molecule has 1 atom stereocenters. The molecule has 0 saturated heterocycles. The normalized spacial score (nSPS) is 13.2. The van der Waals surface area contributed by atoms with Gasteiger partial charge in [0.25, 0.3) is 0 Å². The van der Waals surface area contributed by atoms with Gasteiger partial charge >= 0.3 is 0 Å². The van der Waals surface area contributed by atoms with E-state index in [0.717, 1.165) is 6.42 Å². The maximum atomic E-state index is 12.4. The van der Waals surface area contributed by atoms with Crippen molar-refractivity contribution in [1.29, 1.82) is 0 Å². The van der Waals surface area contributed by atoms with Gasteiger partial charge in [0, 0.05) is 12.0 Å². The molecule has 1 rings (SSSR count). The monoisotopic (exact) mass is 316 g/mol. The Bertz CT molecular complexity index is 490. The Balaban J connectivity index is 2.87. The van der Waals surface area contributed by atoms with Crippen LogP contribution in [0.25, 0.3) is 0 Å². The van der Waals surface area contributed by atoms with Crippen molar-refractivity contribution in [2.75, 3.05) is 7.11 Å². The van der Waals surface area contributed by atoms with Crippen LogP contribution in [0.15, 0.2) is 12.1 Å². The fraction of sp³-hybridized carbons (Fsp3) is 0.562. The minimum atomic E-state index is 0.0294. The van der Waals surface area contributed by atoms with Crippen molar-refractivity contribution >= 4 is 29.0 Å². The van der Waals surface area contributed by atoms with Gasteiger partial charge in [0.05, 0.1) is 17.2 Å². The van der Waals surface area contributed by atoms with Gasteiger partial charge in [0.2, 0.25) is 0 Å². The number of carbonyl (C=O) groups is 1. The van der Waals surface area contributed by atoms with Crippen LogP contribution in [0.4, 0.5) is 0 Å². The summed E-state index contributed by atoms with van der Waals surface area (Å²) in [6.45, 7) is 8.61. The quantitative estimate of drug-likeness (QED) is 0.656. The highest BCUT2D eigenvalue weighted by atomic mass is 35.5. The van der Waals surface area contributed by atoms with E-state index in [2.05, 4.69) is 27.7 Å². The molecule has 0 aliphatic heterocycles. The van der Waals surface area contributed by atoms with Gasteiger partial charge < -0.3 is 4.74 Å². The molecule has 0 heterocycles. The predicted octanol–water partition coefficient (Wildman–Crippen LogP) is 5.65. The largest absolute Gasteiger partial charge is 0.495 e. The van der Waals surface area contributed by atoms with Crippen molar-refractivity contribution in [3.8, 4) is 5.75 Å². The second kappa shape index (κ2) is 6.82. The number of ether oxygens (including phenoxy) is 1. The average molecular weight is 317 g/mol. The summed E-state index contributed by atoms with van der Waals surface area (Å²) in [4.78, 5) is 12.4. The summed E-state index contributed by atoms with van der Waals surface area (Å²) in [6.07, 6.45) is 1.46. The van der Waals surface area contributed by atoms with Gasteiger partial charge in [-0.3, -0.25) is 4.79 Å². The van der Waals surface area contributed by atoms with E-state index in [1.165, 1.54) is 7.11 Å². The first kappa shape index (κ1) is 17.3. The topological polar surface area (TPSA) is 26.3 Å². The number of carbonyl (C=O) groups excluding carboxylic acids is 1. The number of Topliss-reactive ketones (excluding diaryl/α,β-unsaturated/α-hetero) is 1. The van der Waals surface area contributed by atoms with E-state index < -0.39 is 0 Å². The summed E-state index contributed by atoms with van der Waals surface area (Å²) in [5.41, 5.74) is 0.690. The molecule has 0 radical (unpaired) electrons. The number of methoxy groups -OCH3 is 1. The van der Waals surface area contributed by atoms with Crippen LogP contribution >= 0.6 is 23.2 Å². The molecule has 2 nitrogen and oxygen atoms in total. The highest BCUT2D eigenvalue weighted by Gasteiger charge is 2.20. The molecule has 0 bridgehead atoms. The number of halogens is 2. The van der Waals surface area contributed by atoms with Crippen LogP contribution < -0.4 is 4.74 Å². The second-order valence-corrected chi connectivity index (χ2v) is 7.28. The van der Waals surface area contributed by atoms with E-state index in [0.29, 0.717) is 33.7 Å². The SMILES string of the molecule is COc1cc(C(=O)CC(C)CC(C)(C)C)c(Cl)cc1Cl. The van der Waals surface area contributed by atoms with Gasteiger partial charge in [0.1, 0.15) is 5.75 Å². The van der Waals surface area contributed by atoms with Gasteiger partial charge in [-0.05, 0) is 29.9 Å².